The fourth-order valence-electron chi connectivity index (χ4n) is 5.30. The van der Waals surface area contributed by atoms with Gasteiger partial charge in [-0.1, -0.05) is 0 Å². The Kier molecular flexibility index (Phi) is 5.75. The molecule has 3 fully saturated rings. The van der Waals surface area contributed by atoms with Crippen molar-refractivity contribution < 1.29 is 23.1 Å². The monoisotopic (exact) mass is 494 g/mol. The molecule has 0 unspecified atom stereocenters. The minimum Gasteiger partial charge on any atom is -0.374 e. The van der Waals surface area contributed by atoms with Gasteiger partial charge in [0, 0.05) is 50.3 Å². The second-order valence-corrected chi connectivity index (χ2v) is 10.0. The highest BCUT2D eigenvalue weighted by atomic mass is 19.1. The number of carbonyl (C=O) groups is 2. The molecule has 36 heavy (non-hydrogen) atoms. The lowest BCUT2D eigenvalue weighted by atomic mass is 10.0. The number of amides is 2. The van der Waals surface area contributed by atoms with Gasteiger partial charge in [-0.3, -0.25) is 9.59 Å². The Morgan fingerprint density at radius 2 is 1.94 bits per heavy atom. The number of anilines is 1. The van der Waals surface area contributed by atoms with E-state index in [-0.39, 0.29) is 40.8 Å². The van der Waals surface area contributed by atoms with E-state index in [1.165, 1.54) is 17.0 Å². The van der Waals surface area contributed by atoms with E-state index in [0.29, 0.717) is 56.8 Å². The number of nitrogens with zero attached hydrogens (tertiary/aromatic N) is 4. The number of ether oxygens (including phenoxy) is 1. The maximum atomic E-state index is 15.5. The van der Waals surface area contributed by atoms with Crippen molar-refractivity contribution in [1.29, 1.82) is 0 Å². The van der Waals surface area contributed by atoms with Gasteiger partial charge in [0.1, 0.15) is 17.3 Å². The molecule has 0 spiro atoms. The lowest BCUT2D eigenvalue weighted by molar-refractivity contribution is -0.140. The highest BCUT2D eigenvalue weighted by Crippen LogP contribution is 2.35. The normalized spacial score (nSPS) is 20.5. The van der Waals surface area contributed by atoms with E-state index < -0.39 is 11.6 Å². The summed E-state index contributed by atoms with van der Waals surface area (Å²) in [5, 5.41) is 0. The van der Waals surface area contributed by atoms with Crippen LogP contribution in [0.25, 0.3) is 16.9 Å². The van der Waals surface area contributed by atoms with Gasteiger partial charge in [-0.15, -0.1) is 0 Å². The summed E-state index contributed by atoms with van der Waals surface area (Å²) < 4.78 is 38.8. The standard InChI is InChI=1S/C27H28F2N4O3/c1-16-6-8-33-22(14-19-15-31(9-10-36-19)27(35)17-4-5-17)26(30-23(33)11-16)25-20(28)12-18(13-21(25)29)32-7-2-3-24(32)34/h6,8,11-13,17,19H,2-5,7,9-10,14-15H2,1H3/t19-/m0/s1. The average molecular weight is 495 g/mol. The van der Waals surface area contributed by atoms with Crippen LogP contribution >= 0.6 is 0 Å². The van der Waals surface area contributed by atoms with Gasteiger partial charge in [0.25, 0.3) is 0 Å². The third kappa shape index (κ3) is 4.15. The van der Waals surface area contributed by atoms with Crippen molar-refractivity contribution in [2.45, 2.75) is 45.1 Å². The first-order valence-corrected chi connectivity index (χ1v) is 12.6. The summed E-state index contributed by atoms with van der Waals surface area (Å²) in [6, 6.07) is 6.22. The Balaban J connectivity index is 1.38. The smallest absolute Gasteiger partial charge is 0.227 e. The first-order chi connectivity index (χ1) is 17.4. The van der Waals surface area contributed by atoms with E-state index >= 15 is 8.78 Å². The molecule has 1 aromatic carbocycles. The van der Waals surface area contributed by atoms with Crippen LogP contribution in [0.4, 0.5) is 14.5 Å². The van der Waals surface area contributed by atoms with Crippen molar-refractivity contribution in [3.63, 3.8) is 0 Å². The SMILES string of the molecule is Cc1ccn2c(C[C@H]3CN(C(=O)C4CC4)CCO3)c(-c3c(F)cc(N4CCCC4=O)cc3F)nc2c1. The third-order valence-corrected chi connectivity index (χ3v) is 7.33. The van der Waals surface area contributed by atoms with Gasteiger partial charge in [0.2, 0.25) is 11.8 Å². The number of hydrogen-bond acceptors (Lipinski definition) is 4. The van der Waals surface area contributed by atoms with E-state index in [1.54, 1.807) is 0 Å². The Labute approximate surface area is 207 Å². The van der Waals surface area contributed by atoms with Crippen molar-refractivity contribution in [3.8, 4) is 11.3 Å². The molecule has 188 valence electrons. The molecule has 0 N–H and O–H groups in total. The van der Waals surface area contributed by atoms with Crippen LogP contribution in [0.3, 0.4) is 0 Å². The van der Waals surface area contributed by atoms with E-state index in [0.717, 1.165) is 18.4 Å². The van der Waals surface area contributed by atoms with Crippen LogP contribution in [0, 0.1) is 24.5 Å². The summed E-state index contributed by atoms with van der Waals surface area (Å²) in [5.41, 5.74) is 2.40. The first-order valence-electron chi connectivity index (χ1n) is 12.6. The fraction of sp³-hybridized carbons (Fsp3) is 0.444. The molecule has 3 aliphatic rings. The van der Waals surface area contributed by atoms with Crippen LogP contribution in [0.1, 0.15) is 36.9 Å². The first kappa shape index (κ1) is 23.1. The Bertz CT molecular complexity index is 1340. The molecule has 2 amide bonds. The summed E-state index contributed by atoms with van der Waals surface area (Å²) in [6.45, 7) is 3.81. The summed E-state index contributed by atoms with van der Waals surface area (Å²) in [6.07, 6.45) is 4.81. The molecule has 2 aliphatic heterocycles. The lowest BCUT2D eigenvalue weighted by Crippen LogP contribution is -2.47. The molecule has 9 heteroatoms. The van der Waals surface area contributed by atoms with Gasteiger partial charge in [-0.2, -0.15) is 0 Å². The van der Waals surface area contributed by atoms with E-state index in [1.807, 2.05) is 34.6 Å². The molecule has 7 nitrogen and oxygen atoms in total. The second-order valence-electron chi connectivity index (χ2n) is 10.0. The number of benzene rings is 1. The molecule has 1 saturated carbocycles. The molecular weight excluding hydrogens is 466 g/mol. The van der Waals surface area contributed by atoms with Crippen LogP contribution in [0.2, 0.25) is 0 Å². The number of aryl methyl sites for hydroxylation is 1. The number of hydrogen-bond donors (Lipinski definition) is 0. The van der Waals surface area contributed by atoms with Crippen LogP contribution in [-0.4, -0.2) is 58.4 Å². The largest absolute Gasteiger partial charge is 0.374 e. The number of aromatic nitrogens is 2. The zero-order chi connectivity index (χ0) is 25.0. The van der Waals surface area contributed by atoms with Crippen molar-refractivity contribution >= 4 is 23.1 Å². The quantitative estimate of drug-likeness (QED) is 0.540. The van der Waals surface area contributed by atoms with Gasteiger partial charge >= 0.3 is 0 Å². The Morgan fingerprint density at radius 1 is 1.17 bits per heavy atom. The minimum absolute atomic E-state index is 0.127. The molecule has 0 radical (unpaired) electrons. The fourth-order valence-corrected chi connectivity index (χ4v) is 5.30. The number of carbonyl (C=O) groups excluding carboxylic acids is 2. The summed E-state index contributed by atoms with van der Waals surface area (Å²) in [7, 11) is 0. The summed E-state index contributed by atoms with van der Waals surface area (Å²) in [4.78, 5) is 32.6. The molecule has 2 aromatic heterocycles. The number of morpholine rings is 1. The highest BCUT2D eigenvalue weighted by molar-refractivity contribution is 5.95. The molecular formula is C27H28F2N4O3. The van der Waals surface area contributed by atoms with Crippen molar-refractivity contribution in [1.82, 2.24) is 14.3 Å². The van der Waals surface area contributed by atoms with Crippen molar-refractivity contribution in [2.75, 3.05) is 31.1 Å². The van der Waals surface area contributed by atoms with Gasteiger partial charge in [0.15, 0.2) is 0 Å². The molecule has 4 heterocycles. The Morgan fingerprint density at radius 3 is 2.64 bits per heavy atom. The third-order valence-electron chi connectivity index (χ3n) is 7.33. The number of fused-ring (bicyclic) bond motifs is 1. The highest BCUT2D eigenvalue weighted by Gasteiger charge is 2.36. The molecule has 1 atom stereocenters. The second kappa shape index (κ2) is 8.96. The van der Waals surface area contributed by atoms with Crippen LogP contribution < -0.4 is 4.90 Å². The van der Waals surface area contributed by atoms with Crippen molar-refractivity contribution in [2.24, 2.45) is 5.92 Å². The van der Waals surface area contributed by atoms with E-state index in [9.17, 15) is 9.59 Å². The predicted molar refractivity (Wildman–Crippen MR) is 130 cm³/mol. The predicted octanol–water partition coefficient (Wildman–Crippen LogP) is 3.89. The van der Waals surface area contributed by atoms with Crippen LogP contribution in [0.5, 0.6) is 0 Å². The topological polar surface area (TPSA) is 67.2 Å². The molecule has 6 rings (SSSR count). The molecule has 1 aliphatic carbocycles. The zero-order valence-electron chi connectivity index (χ0n) is 20.2. The van der Waals surface area contributed by atoms with Gasteiger partial charge < -0.3 is 18.9 Å². The number of pyridine rings is 1. The van der Waals surface area contributed by atoms with Crippen LogP contribution in [-0.2, 0) is 20.7 Å². The maximum Gasteiger partial charge on any atom is 0.227 e. The lowest BCUT2D eigenvalue weighted by Gasteiger charge is -2.33. The summed E-state index contributed by atoms with van der Waals surface area (Å²) >= 11 is 0. The van der Waals surface area contributed by atoms with E-state index in [2.05, 4.69) is 4.98 Å². The average Bonchev–Trinajstić information content (AvgIpc) is 3.53. The van der Waals surface area contributed by atoms with Gasteiger partial charge in [-0.05, 0) is 56.0 Å². The van der Waals surface area contributed by atoms with Crippen LogP contribution in [0.15, 0.2) is 30.5 Å². The number of rotatable bonds is 5. The molecule has 3 aromatic rings. The van der Waals surface area contributed by atoms with Crippen molar-refractivity contribution in [3.05, 3.63) is 53.4 Å². The summed E-state index contributed by atoms with van der Waals surface area (Å²) in [5.74, 6) is -1.36. The van der Waals surface area contributed by atoms with E-state index in [4.69, 9.17) is 4.74 Å². The Hall–Kier alpha value is -3.33. The van der Waals surface area contributed by atoms with Gasteiger partial charge in [-0.25, -0.2) is 13.8 Å². The number of halogens is 2. The minimum atomic E-state index is -0.763. The maximum absolute atomic E-state index is 15.5. The zero-order valence-corrected chi connectivity index (χ0v) is 20.2. The number of imidazole rings is 1. The van der Waals surface area contributed by atoms with Gasteiger partial charge in [0.05, 0.1) is 29.7 Å². The molecule has 2 saturated heterocycles. The molecule has 0 bridgehead atoms.